The molecular weight excluding hydrogens is 286 g/mol. The first kappa shape index (κ1) is 17.9. The molecule has 0 aromatic carbocycles. The third-order valence-electron chi connectivity index (χ3n) is 2.18. The Hall–Kier alpha value is -1.11. The molecule has 5 atom stereocenters. The Bertz CT molecular complexity index is 422. The fraction of sp³-hybridized carbons (Fsp3) is 0.750. The van der Waals surface area contributed by atoms with Crippen LogP contribution in [0.4, 0.5) is 0 Å². The van der Waals surface area contributed by atoms with Crippen LogP contribution in [-0.4, -0.2) is 75.4 Å². The van der Waals surface area contributed by atoms with E-state index in [1.807, 2.05) is 5.32 Å². The fourth-order valence-electron chi connectivity index (χ4n) is 1.19. The van der Waals surface area contributed by atoms with Gasteiger partial charge in [0.15, 0.2) is 0 Å². The summed E-state index contributed by atoms with van der Waals surface area (Å²) in [5.74, 6) is -0.729. The largest absolute Gasteiger partial charge is 0.388 e. The molecule has 112 valence electrons. The Kier molecular flexibility index (Phi) is 6.48. The lowest BCUT2D eigenvalue weighted by atomic mass is 10.0. The van der Waals surface area contributed by atoms with Crippen LogP contribution >= 0.6 is 0 Å². The van der Waals surface area contributed by atoms with Gasteiger partial charge in [0.1, 0.15) is 30.6 Å². The average molecular weight is 301 g/mol. The average Bonchev–Trinajstić information content (AvgIpc) is 2.30. The van der Waals surface area contributed by atoms with E-state index < -0.39 is 45.8 Å². The molecule has 0 aliphatic heterocycles. The summed E-state index contributed by atoms with van der Waals surface area (Å²) in [6, 6.07) is -1.63. The van der Waals surface area contributed by atoms with Crippen molar-refractivity contribution >= 4 is 22.3 Å². The summed E-state index contributed by atoms with van der Waals surface area (Å²) in [7, 11) is -5.08. The summed E-state index contributed by atoms with van der Waals surface area (Å²) in [5.41, 5.74) is -2.78. The summed E-state index contributed by atoms with van der Waals surface area (Å²) in [6.45, 7) is 1.01. The van der Waals surface area contributed by atoms with Crippen molar-refractivity contribution in [2.24, 2.45) is 0 Å². The number of amides is 1. The molecule has 0 fully saturated rings. The predicted octanol–water partition coefficient (Wildman–Crippen LogP) is -4.02. The second-order valence-corrected chi connectivity index (χ2v) is 5.25. The molecule has 0 aromatic heterocycles. The van der Waals surface area contributed by atoms with E-state index in [0.717, 1.165) is 6.92 Å². The molecule has 0 spiro atoms. The zero-order valence-electron chi connectivity index (χ0n) is 9.74. The quantitative estimate of drug-likeness (QED) is 0.201. The minimum absolute atomic E-state index is 0.0435. The Morgan fingerprint density at radius 1 is 1.11 bits per heavy atom. The number of carbonyl (C=O) groups is 2. The van der Waals surface area contributed by atoms with Crippen LogP contribution in [0, 0.1) is 0 Å². The van der Waals surface area contributed by atoms with E-state index in [1.54, 1.807) is 0 Å². The van der Waals surface area contributed by atoms with Gasteiger partial charge in [-0.25, -0.2) is 0 Å². The number of nitrogens with one attached hydrogen (secondary N) is 1. The second kappa shape index (κ2) is 6.88. The summed E-state index contributed by atoms with van der Waals surface area (Å²) < 4.78 is 29.5. The third kappa shape index (κ3) is 5.18. The van der Waals surface area contributed by atoms with Crippen molar-refractivity contribution in [3.63, 3.8) is 0 Å². The minimum Gasteiger partial charge on any atom is -0.388 e. The van der Waals surface area contributed by atoms with Gasteiger partial charge in [0.25, 0.3) is 10.1 Å². The normalized spacial score (nSPS) is 19.9. The van der Waals surface area contributed by atoms with Gasteiger partial charge < -0.3 is 30.5 Å². The zero-order valence-corrected chi connectivity index (χ0v) is 10.6. The molecule has 19 heavy (non-hydrogen) atoms. The Balaban J connectivity index is 4.93. The van der Waals surface area contributed by atoms with E-state index in [-0.39, 0.29) is 6.29 Å². The first-order valence-corrected chi connectivity index (χ1v) is 6.43. The predicted molar refractivity (Wildman–Crippen MR) is 59.2 cm³/mol. The topological polar surface area (TPSA) is 181 Å². The zero-order chi connectivity index (χ0) is 15.4. The summed E-state index contributed by atoms with van der Waals surface area (Å²) in [6.07, 6.45) is -6.84. The van der Waals surface area contributed by atoms with Crippen molar-refractivity contribution in [3.8, 4) is 0 Å². The highest BCUT2D eigenvalue weighted by atomic mass is 32.2. The van der Waals surface area contributed by atoms with Crippen molar-refractivity contribution in [2.45, 2.75) is 36.7 Å². The van der Waals surface area contributed by atoms with Gasteiger partial charge >= 0.3 is 0 Å². The molecular formula is C8H15NO9S. The van der Waals surface area contributed by atoms with Gasteiger partial charge in [-0.1, -0.05) is 0 Å². The van der Waals surface area contributed by atoms with E-state index in [0.29, 0.717) is 0 Å². The van der Waals surface area contributed by atoms with Crippen LogP contribution in [0.5, 0.6) is 0 Å². The van der Waals surface area contributed by atoms with E-state index in [9.17, 15) is 33.3 Å². The van der Waals surface area contributed by atoms with Gasteiger partial charge in [-0.15, -0.1) is 0 Å². The maximum Gasteiger partial charge on any atom is 0.294 e. The van der Waals surface area contributed by atoms with Crippen LogP contribution in [0.15, 0.2) is 0 Å². The van der Waals surface area contributed by atoms with Crippen molar-refractivity contribution in [3.05, 3.63) is 0 Å². The molecule has 6 N–H and O–H groups in total. The lowest BCUT2D eigenvalue weighted by molar-refractivity contribution is -0.130. The first-order chi connectivity index (χ1) is 8.52. The number of rotatable bonds is 7. The molecule has 1 amide bonds. The van der Waals surface area contributed by atoms with Gasteiger partial charge in [-0.05, 0) is 0 Å². The van der Waals surface area contributed by atoms with E-state index in [2.05, 4.69) is 0 Å². The summed E-state index contributed by atoms with van der Waals surface area (Å²) in [4.78, 5) is 21.3. The maximum absolute atomic E-state index is 10.7. The van der Waals surface area contributed by atoms with Crippen LogP contribution < -0.4 is 5.32 Å². The number of carbonyl (C=O) groups excluding carboxylic acids is 2. The summed E-state index contributed by atoms with van der Waals surface area (Å²) in [5, 5.41) is 39.0. The van der Waals surface area contributed by atoms with Crippen molar-refractivity contribution in [1.29, 1.82) is 0 Å². The van der Waals surface area contributed by atoms with Gasteiger partial charge in [-0.3, -0.25) is 9.35 Å². The van der Waals surface area contributed by atoms with Crippen LogP contribution in [0.1, 0.15) is 6.92 Å². The molecule has 0 saturated heterocycles. The molecule has 0 radical (unpaired) electrons. The monoisotopic (exact) mass is 301 g/mol. The van der Waals surface area contributed by atoms with Crippen LogP contribution in [-0.2, 0) is 19.7 Å². The molecule has 0 bridgehead atoms. The van der Waals surface area contributed by atoms with Gasteiger partial charge in [-0.2, -0.15) is 8.42 Å². The van der Waals surface area contributed by atoms with Crippen molar-refractivity contribution in [2.75, 3.05) is 0 Å². The van der Waals surface area contributed by atoms with E-state index in [4.69, 9.17) is 9.66 Å². The molecule has 0 heterocycles. The third-order valence-corrected chi connectivity index (χ3v) is 3.07. The molecule has 1 unspecified atom stereocenters. The van der Waals surface area contributed by atoms with Crippen molar-refractivity contribution < 1.29 is 43.0 Å². The van der Waals surface area contributed by atoms with Crippen LogP contribution in [0.2, 0.25) is 0 Å². The fourth-order valence-corrected chi connectivity index (χ4v) is 1.71. The number of hydrogen-bond acceptors (Lipinski definition) is 8. The van der Waals surface area contributed by atoms with Gasteiger partial charge in [0.05, 0.1) is 0 Å². The number of aliphatic hydroxyl groups is 4. The molecule has 10 nitrogen and oxygen atoms in total. The van der Waals surface area contributed by atoms with Gasteiger partial charge in [0.2, 0.25) is 11.3 Å². The highest BCUT2D eigenvalue weighted by molar-refractivity contribution is 7.86. The van der Waals surface area contributed by atoms with Gasteiger partial charge in [0, 0.05) is 6.92 Å². The molecule has 11 heteroatoms. The number of aliphatic hydroxyl groups excluding tert-OH is 4. The minimum atomic E-state index is -5.08. The standard InChI is InChI=1S/C8H15NO9S/c1-3(11)9-4(2-10)5(12)6(13)7(14)8(15)19(16,17)18/h2,4-8,12-15H,1H3,(H,9,11)(H,16,17,18)/t4-,5+,6+,7-,8?/m0/s1. The molecule has 0 aliphatic rings. The lowest BCUT2D eigenvalue weighted by Gasteiger charge is -2.28. The Morgan fingerprint density at radius 2 is 1.58 bits per heavy atom. The van der Waals surface area contributed by atoms with E-state index in [1.165, 1.54) is 0 Å². The molecule has 0 aliphatic carbocycles. The van der Waals surface area contributed by atoms with Crippen LogP contribution in [0.25, 0.3) is 0 Å². The highest BCUT2D eigenvalue weighted by Gasteiger charge is 2.39. The Morgan fingerprint density at radius 3 is 1.89 bits per heavy atom. The van der Waals surface area contributed by atoms with E-state index >= 15 is 0 Å². The molecule has 0 saturated carbocycles. The first-order valence-electron chi connectivity index (χ1n) is 4.93. The summed E-state index contributed by atoms with van der Waals surface area (Å²) >= 11 is 0. The SMILES string of the molecule is CC(=O)N[C@@H](C=O)[C@@H](O)[C@@H](O)[C@H](O)C(O)S(=O)(=O)O. The number of aldehydes is 1. The molecule has 0 aromatic rings. The van der Waals surface area contributed by atoms with Crippen LogP contribution in [0.3, 0.4) is 0 Å². The smallest absolute Gasteiger partial charge is 0.294 e. The maximum atomic E-state index is 10.7. The lowest BCUT2D eigenvalue weighted by Crippen LogP contribution is -2.55. The second-order valence-electron chi connectivity index (χ2n) is 3.74. The molecule has 0 rings (SSSR count). The number of hydrogen-bond donors (Lipinski definition) is 6. The highest BCUT2D eigenvalue weighted by Crippen LogP contribution is 2.11. The Labute approximate surface area is 108 Å². The van der Waals surface area contributed by atoms with Crippen molar-refractivity contribution in [1.82, 2.24) is 5.32 Å².